The van der Waals surface area contributed by atoms with E-state index in [4.69, 9.17) is 4.74 Å². The molecular weight excluding hydrogens is 272 g/mol. The number of ether oxygens (including phenoxy) is 1. The molecule has 0 saturated carbocycles. The van der Waals surface area contributed by atoms with Gasteiger partial charge in [0, 0.05) is 5.54 Å². The first-order valence-electron chi connectivity index (χ1n) is 6.96. The summed E-state index contributed by atoms with van der Waals surface area (Å²) in [6, 6.07) is 0. The van der Waals surface area contributed by atoms with Gasteiger partial charge in [-0.1, -0.05) is 20.8 Å². The molecule has 0 aliphatic heterocycles. The smallest absolute Gasteiger partial charge is 0.372 e. The third kappa shape index (κ3) is 5.17. The number of nitrogens with zero attached hydrogens (tertiary/aromatic N) is 3. The summed E-state index contributed by atoms with van der Waals surface area (Å²) >= 11 is 0. The lowest BCUT2D eigenvalue weighted by Crippen LogP contribution is -2.36. The van der Waals surface area contributed by atoms with Crippen LogP contribution in [0.1, 0.15) is 48.0 Å². The number of anilines is 1. The van der Waals surface area contributed by atoms with Gasteiger partial charge in [0.1, 0.15) is 6.33 Å². The van der Waals surface area contributed by atoms with Crippen LogP contribution in [0, 0.1) is 15.5 Å². The summed E-state index contributed by atoms with van der Waals surface area (Å²) in [7, 11) is 0. The molecule has 1 heterocycles. The molecule has 7 nitrogen and oxygen atoms in total. The Hall–Kier alpha value is -1.92. The normalized spacial score (nSPS) is 12.1. The van der Waals surface area contributed by atoms with Gasteiger partial charge in [0.2, 0.25) is 5.82 Å². The van der Waals surface area contributed by atoms with Crippen LogP contribution in [-0.4, -0.2) is 27.0 Å². The molecule has 1 N–H and O–H groups in total. The first-order chi connectivity index (χ1) is 9.56. The summed E-state index contributed by atoms with van der Waals surface area (Å²) in [5, 5.41) is 14.4. The van der Waals surface area contributed by atoms with E-state index in [0.717, 1.165) is 6.42 Å². The summed E-state index contributed by atoms with van der Waals surface area (Å²) in [6.45, 7) is 12.4. The van der Waals surface area contributed by atoms with Crippen molar-refractivity contribution in [3.63, 3.8) is 0 Å². The van der Waals surface area contributed by atoms with Crippen molar-refractivity contribution >= 4 is 11.5 Å². The maximum atomic E-state index is 11.3. The van der Waals surface area contributed by atoms with Gasteiger partial charge < -0.3 is 10.1 Å². The van der Waals surface area contributed by atoms with Crippen LogP contribution in [0.5, 0.6) is 5.88 Å². The monoisotopic (exact) mass is 296 g/mol. The molecule has 0 aliphatic rings. The van der Waals surface area contributed by atoms with E-state index >= 15 is 0 Å². The summed E-state index contributed by atoms with van der Waals surface area (Å²) in [4.78, 5) is 18.6. The highest BCUT2D eigenvalue weighted by molar-refractivity contribution is 5.62. The second kappa shape index (κ2) is 6.24. The molecule has 0 amide bonds. The molecule has 0 aromatic carbocycles. The van der Waals surface area contributed by atoms with Gasteiger partial charge in [-0.05, 0) is 32.6 Å². The van der Waals surface area contributed by atoms with Crippen molar-refractivity contribution in [2.24, 2.45) is 5.41 Å². The molecule has 0 aliphatic carbocycles. The fraction of sp³-hybridized carbons (Fsp3) is 0.714. The third-order valence-corrected chi connectivity index (χ3v) is 2.68. The standard InChI is InChI=1S/C14H24N4O3/c1-7-21-12-10(18(19)20)11(15-9-16-12)17-14(5,6)8-13(2,3)4/h9H,7-8H2,1-6H3,(H,15,16,17). The highest BCUT2D eigenvalue weighted by Crippen LogP contribution is 2.35. The van der Waals surface area contributed by atoms with Gasteiger partial charge in [-0.25, -0.2) is 4.98 Å². The lowest BCUT2D eigenvalue weighted by atomic mass is 9.82. The largest absolute Gasteiger partial charge is 0.473 e. The predicted octanol–water partition coefficient (Wildman–Crippen LogP) is 3.41. The Bertz CT molecular complexity index is 509. The zero-order valence-corrected chi connectivity index (χ0v) is 13.6. The SMILES string of the molecule is CCOc1ncnc(NC(C)(C)CC(C)(C)C)c1[N+](=O)[O-]. The van der Waals surface area contributed by atoms with Crippen molar-refractivity contribution in [2.45, 2.75) is 53.5 Å². The average molecular weight is 296 g/mol. The van der Waals surface area contributed by atoms with Gasteiger partial charge in [-0.15, -0.1) is 0 Å². The van der Waals surface area contributed by atoms with Crippen LogP contribution < -0.4 is 10.1 Å². The summed E-state index contributed by atoms with van der Waals surface area (Å²) < 4.78 is 5.22. The van der Waals surface area contributed by atoms with Crippen LogP contribution in [0.15, 0.2) is 6.33 Å². The van der Waals surface area contributed by atoms with Crippen molar-refractivity contribution in [3.8, 4) is 5.88 Å². The summed E-state index contributed by atoms with van der Waals surface area (Å²) in [5.41, 5.74) is -0.483. The van der Waals surface area contributed by atoms with E-state index in [0.29, 0.717) is 6.61 Å². The quantitative estimate of drug-likeness (QED) is 0.639. The molecule has 0 bridgehead atoms. The van der Waals surface area contributed by atoms with E-state index in [9.17, 15) is 10.1 Å². The van der Waals surface area contributed by atoms with Gasteiger partial charge in [0.05, 0.1) is 11.5 Å². The molecule has 0 atom stereocenters. The molecule has 118 valence electrons. The van der Waals surface area contributed by atoms with E-state index < -0.39 is 4.92 Å². The lowest BCUT2D eigenvalue weighted by Gasteiger charge is -2.33. The van der Waals surface area contributed by atoms with Crippen LogP contribution in [0.2, 0.25) is 0 Å². The molecule has 0 saturated heterocycles. The molecule has 0 fully saturated rings. The van der Waals surface area contributed by atoms with Crippen LogP contribution >= 0.6 is 0 Å². The van der Waals surface area contributed by atoms with Crippen molar-refractivity contribution < 1.29 is 9.66 Å². The average Bonchev–Trinajstić information content (AvgIpc) is 2.24. The lowest BCUT2D eigenvalue weighted by molar-refractivity contribution is -0.385. The molecular formula is C14H24N4O3. The number of hydrogen-bond donors (Lipinski definition) is 1. The van der Waals surface area contributed by atoms with Crippen molar-refractivity contribution in [1.82, 2.24) is 9.97 Å². The van der Waals surface area contributed by atoms with Crippen molar-refractivity contribution in [2.75, 3.05) is 11.9 Å². The van der Waals surface area contributed by atoms with Gasteiger partial charge in [0.25, 0.3) is 5.88 Å². The molecule has 1 aromatic rings. The molecule has 0 spiro atoms. The fourth-order valence-electron chi connectivity index (χ4n) is 2.55. The van der Waals surface area contributed by atoms with Gasteiger partial charge in [0.15, 0.2) is 0 Å². The van der Waals surface area contributed by atoms with Gasteiger partial charge >= 0.3 is 5.69 Å². The Morgan fingerprint density at radius 1 is 1.29 bits per heavy atom. The molecule has 0 radical (unpaired) electrons. The Labute approximate surface area is 125 Å². The van der Waals surface area contributed by atoms with E-state index in [1.807, 2.05) is 13.8 Å². The zero-order chi connectivity index (χ0) is 16.3. The minimum atomic E-state index is -0.513. The number of aromatic nitrogens is 2. The third-order valence-electron chi connectivity index (χ3n) is 2.68. The second-order valence-electron chi connectivity index (χ2n) is 6.81. The number of hydrogen-bond acceptors (Lipinski definition) is 6. The minimum absolute atomic E-state index is 0.00782. The van der Waals surface area contributed by atoms with Crippen LogP contribution in [0.3, 0.4) is 0 Å². The number of rotatable bonds is 6. The Balaban J connectivity index is 3.13. The Morgan fingerprint density at radius 3 is 2.38 bits per heavy atom. The first-order valence-corrected chi connectivity index (χ1v) is 6.96. The number of nitro groups is 1. The topological polar surface area (TPSA) is 90.2 Å². The van der Waals surface area contributed by atoms with Crippen molar-refractivity contribution in [1.29, 1.82) is 0 Å². The van der Waals surface area contributed by atoms with Crippen LogP contribution in [0.25, 0.3) is 0 Å². The van der Waals surface area contributed by atoms with E-state index in [-0.39, 0.29) is 28.3 Å². The van der Waals surface area contributed by atoms with Gasteiger partial charge in [-0.3, -0.25) is 10.1 Å². The maximum Gasteiger partial charge on any atom is 0.372 e. The molecule has 1 aromatic heterocycles. The fourth-order valence-corrected chi connectivity index (χ4v) is 2.55. The second-order valence-corrected chi connectivity index (χ2v) is 6.81. The number of nitrogens with one attached hydrogen (secondary N) is 1. The van der Waals surface area contributed by atoms with Crippen molar-refractivity contribution in [3.05, 3.63) is 16.4 Å². The predicted molar refractivity (Wildman–Crippen MR) is 81.6 cm³/mol. The molecule has 1 rings (SSSR count). The molecule has 7 heteroatoms. The molecule has 21 heavy (non-hydrogen) atoms. The summed E-state index contributed by atoms with van der Waals surface area (Å²) in [6.07, 6.45) is 2.10. The maximum absolute atomic E-state index is 11.3. The highest BCUT2D eigenvalue weighted by Gasteiger charge is 2.31. The van der Waals surface area contributed by atoms with Gasteiger partial charge in [-0.2, -0.15) is 4.98 Å². The Morgan fingerprint density at radius 2 is 1.90 bits per heavy atom. The molecule has 0 unspecified atom stereocenters. The minimum Gasteiger partial charge on any atom is -0.473 e. The van der Waals surface area contributed by atoms with E-state index in [1.165, 1.54) is 6.33 Å². The van der Waals surface area contributed by atoms with E-state index in [1.54, 1.807) is 6.92 Å². The van der Waals surface area contributed by atoms with Crippen LogP contribution in [-0.2, 0) is 0 Å². The summed E-state index contributed by atoms with van der Waals surface area (Å²) in [5.74, 6) is 0.180. The first kappa shape index (κ1) is 17.1. The van der Waals surface area contributed by atoms with Crippen LogP contribution in [0.4, 0.5) is 11.5 Å². The zero-order valence-electron chi connectivity index (χ0n) is 13.6. The van der Waals surface area contributed by atoms with E-state index in [2.05, 4.69) is 36.1 Å². The highest BCUT2D eigenvalue weighted by atomic mass is 16.6. The Kier molecular flexibility index (Phi) is 5.09.